The number of anilines is 1. The Balaban J connectivity index is 1.81. The molecule has 0 aromatic heterocycles. The Morgan fingerprint density at radius 1 is 1.29 bits per heavy atom. The second-order valence-corrected chi connectivity index (χ2v) is 4.49. The zero-order valence-electron chi connectivity index (χ0n) is 8.19. The molecule has 0 radical (unpaired) electrons. The van der Waals surface area contributed by atoms with Gasteiger partial charge in [-0.3, -0.25) is 0 Å². The van der Waals surface area contributed by atoms with Gasteiger partial charge in [0.05, 0.1) is 6.61 Å². The van der Waals surface area contributed by atoms with Gasteiger partial charge in [-0.25, -0.2) is 0 Å². The van der Waals surface area contributed by atoms with Crippen molar-refractivity contribution in [1.29, 1.82) is 0 Å². The highest BCUT2D eigenvalue weighted by atomic mass is 16.3. The number of hydrogen-bond donors (Lipinski definition) is 1. The van der Waals surface area contributed by atoms with Gasteiger partial charge in [0.1, 0.15) is 0 Å². The van der Waals surface area contributed by atoms with Crippen molar-refractivity contribution >= 4 is 5.69 Å². The summed E-state index contributed by atoms with van der Waals surface area (Å²) in [7, 11) is 0. The number of nitrogens with zero attached hydrogens (tertiary/aromatic N) is 1. The summed E-state index contributed by atoms with van der Waals surface area (Å²) >= 11 is 0. The topological polar surface area (TPSA) is 23.5 Å². The Morgan fingerprint density at radius 2 is 2.07 bits per heavy atom. The Kier molecular flexibility index (Phi) is 1.77. The Labute approximate surface area is 84.2 Å². The van der Waals surface area contributed by atoms with Gasteiger partial charge in [-0.2, -0.15) is 0 Å². The lowest BCUT2D eigenvalue weighted by Gasteiger charge is -2.20. The van der Waals surface area contributed by atoms with Gasteiger partial charge in [-0.1, -0.05) is 12.1 Å². The maximum absolute atomic E-state index is 9.05. The summed E-state index contributed by atoms with van der Waals surface area (Å²) in [6.07, 6.45) is 1.44. The lowest BCUT2D eigenvalue weighted by molar-refractivity contribution is 0.282. The molecule has 0 spiro atoms. The van der Waals surface area contributed by atoms with E-state index in [1.165, 1.54) is 25.2 Å². The van der Waals surface area contributed by atoms with Crippen LogP contribution in [0.1, 0.15) is 12.0 Å². The minimum atomic E-state index is 0.147. The van der Waals surface area contributed by atoms with Crippen molar-refractivity contribution in [3.05, 3.63) is 29.8 Å². The van der Waals surface area contributed by atoms with Gasteiger partial charge in [0.2, 0.25) is 0 Å². The first-order valence-electron chi connectivity index (χ1n) is 5.31. The SMILES string of the molecule is OCc1cccc(N2CC3CC3C2)c1. The van der Waals surface area contributed by atoms with E-state index in [1.807, 2.05) is 12.1 Å². The van der Waals surface area contributed by atoms with Gasteiger partial charge in [0.15, 0.2) is 0 Å². The number of benzene rings is 1. The molecule has 2 heteroatoms. The predicted octanol–water partition coefficient (Wildman–Crippen LogP) is 1.64. The average molecular weight is 189 g/mol. The molecule has 1 saturated carbocycles. The fourth-order valence-corrected chi connectivity index (χ4v) is 2.46. The van der Waals surface area contributed by atoms with Crippen LogP contribution in [-0.2, 0) is 6.61 Å². The molecule has 1 heterocycles. The molecular formula is C12H15NO. The number of aliphatic hydroxyl groups is 1. The van der Waals surface area contributed by atoms with Crippen LogP contribution < -0.4 is 4.90 Å². The molecule has 2 atom stereocenters. The summed E-state index contributed by atoms with van der Waals surface area (Å²) in [4.78, 5) is 2.44. The quantitative estimate of drug-likeness (QED) is 0.764. The van der Waals surface area contributed by atoms with Gasteiger partial charge >= 0.3 is 0 Å². The molecule has 2 aliphatic rings. The molecule has 1 aliphatic heterocycles. The third-order valence-electron chi connectivity index (χ3n) is 3.44. The van der Waals surface area contributed by atoms with E-state index in [0.717, 1.165) is 17.4 Å². The summed E-state index contributed by atoms with van der Waals surface area (Å²) in [6, 6.07) is 8.25. The molecule has 0 bridgehead atoms. The van der Waals surface area contributed by atoms with E-state index in [9.17, 15) is 0 Å². The van der Waals surface area contributed by atoms with Crippen molar-refractivity contribution in [2.45, 2.75) is 13.0 Å². The minimum absolute atomic E-state index is 0.147. The van der Waals surface area contributed by atoms with E-state index in [2.05, 4.69) is 17.0 Å². The fraction of sp³-hybridized carbons (Fsp3) is 0.500. The van der Waals surface area contributed by atoms with E-state index in [-0.39, 0.29) is 6.61 Å². The van der Waals surface area contributed by atoms with Crippen LogP contribution in [0.5, 0.6) is 0 Å². The number of hydrogen-bond acceptors (Lipinski definition) is 2. The molecule has 74 valence electrons. The number of fused-ring (bicyclic) bond motifs is 1. The van der Waals surface area contributed by atoms with Crippen LogP contribution in [0.15, 0.2) is 24.3 Å². The molecule has 1 aliphatic carbocycles. The third-order valence-corrected chi connectivity index (χ3v) is 3.44. The number of aliphatic hydroxyl groups excluding tert-OH is 1. The van der Waals surface area contributed by atoms with Gasteiger partial charge in [-0.15, -0.1) is 0 Å². The molecule has 1 saturated heterocycles. The summed E-state index contributed by atoms with van der Waals surface area (Å²) in [5, 5.41) is 9.05. The Hall–Kier alpha value is -1.02. The zero-order valence-corrected chi connectivity index (χ0v) is 8.19. The lowest BCUT2D eigenvalue weighted by atomic mass is 10.2. The van der Waals surface area contributed by atoms with Crippen LogP contribution in [0.3, 0.4) is 0 Å². The molecular weight excluding hydrogens is 174 g/mol. The van der Waals surface area contributed by atoms with Gasteiger partial charge in [0.25, 0.3) is 0 Å². The molecule has 14 heavy (non-hydrogen) atoms. The lowest BCUT2D eigenvalue weighted by Crippen LogP contribution is -2.21. The summed E-state index contributed by atoms with van der Waals surface area (Å²) < 4.78 is 0. The predicted molar refractivity (Wildman–Crippen MR) is 56.2 cm³/mol. The van der Waals surface area contributed by atoms with E-state index in [4.69, 9.17) is 5.11 Å². The largest absolute Gasteiger partial charge is 0.392 e. The minimum Gasteiger partial charge on any atom is -0.392 e. The third kappa shape index (κ3) is 1.30. The fourth-order valence-electron chi connectivity index (χ4n) is 2.46. The highest BCUT2D eigenvalue weighted by molar-refractivity contribution is 5.50. The van der Waals surface area contributed by atoms with Crippen LogP contribution >= 0.6 is 0 Å². The van der Waals surface area contributed by atoms with E-state index < -0.39 is 0 Å². The molecule has 2 fully saturated rings. The van der Waals surface area contributed by atoms with Gasteiger partial charge in [0, 0.05) is 18.8 Å². The van der Waals surface area contributed by atoms with Crippen molar-refractivity contribution in [3.63, 3.8) is 0 Å². The average Bonchev–Trinajstić information content (AvgIpc) is 2.86. The Bertz CT molecular complexity index is 340. The second-order valence-electron chi connectivity index (χ2n) is 4.49. The van der Waals surface area contributed by atoms with Crippen LogP contribution in [0, 0.1) is 11.8 Å². The van der Waals surface area contributed by atoms with E-state index in [1.54, 1.807) is 0 Å². The molecule has 2 nitrogen and oxygen atoms in total. The molecule has 1 aromatic carbocycles. The molecule has 3 rings (SSSR count). The van der Waals surface area contributed by atoms with Gasteiger partial charge in [-0.05, 0) is 36.0 Å². The van der Waals surface area contributed by atoms with E-state index >= 15 is 0 Å². The summed E-state index contributed by atoms with van der Waals surface area (Å²) in [5.41, 5.74) is 2.30. The zero-order chi connectivity index (χ0) is 9.54. The highest BCUT2D eigenvalue weighted by Gasteiger charge is 2.44. The van der Waals surface area contributed by atoms with Crippen LogP contribution in [0.25, 0.3) is 0 Å². The van der Waals surface area contributed by atoms with Crippen molar-refractivity contribution in [1.82, 2.24) is 0 Å². The van der Waals surface area contributed by atoms with Crippen LogP contribution in [0.2, 0.25) is 0 Å². The standard InChI is InChI=1S/C12H15NO/c14-8-9-2-1-3-12(4-9)13-6-10-5-11(10)7-13/h1-4,10-11,14H,5-8H2. The number of piperidine rings is 1. The molecule has 0 amide bonds. The molecule has 2 unspecified atom stereocenters. The van der Waals surface area contributed by atoms with E-state index in [0.29, 0.717) is 0 Å². The summed E-state index contributed by atoms with van der Waals surface area (Å²) in [6.45, 7) is 2.59. The summed E-state index contributed by atoms with van der Waals surface area (Å²) in [5.74, 6) is 1.93. The maximum atomic E-state index is 9.05. The van der Waals surface area contributed by atoms with Crippen LogP contribution in [-0.4, -0.2) is 18.2 Å². The highest BCUT2D eigenvalue weighted by Crippen LogP contribution is 2.46. The first kappa shape index (κ1) is 8.30. The molecule has 1 N–H and O–H groups in total. The smallest absolute Gasteiger partial charge is 0.0682 e. The maximum Gasteiger partial charge on any atom is 0.0682 e. The van der Waals surface area contributed by atoms with Crippen molar-refractivity contribution < 1.29 is 5.11 Å². The van der Waals surface area contributed by atoms with Crippen molar-refractivity contribution in [2.75, 3.05) is 18.0 Å². The first-order chi connectivity index (χ1) is 6.86. The first-order valence-corrected chi connectivity index (χ1v) is 5.31. The van der Waals surface area contributed by atoms with Gasteiger partial charge < -0.3 is 10.0 Å². The molecule has 1 aromatic rings. The second kappa shape index (κ2) is 2.99. The van der Waals surface area contributed by atoms with Crippen molar-refractivity contribution in [3.8, 4) is 0 Å². The Morgan fingerprint density at radius 3 is 2.79 bits per heavy atom. The van der Waals surface area contributed by atoms with Crippen molar-refractivity contribution in [2.24, 2.45) is 11.8 Å². The normalized spacial score (nSPS) is 29.1. The monoisotopic (exact) mass is 189 g/mol. The number of rotatable bonds is 2. The van der Waals surface area contributed by atoms with Crippen LogP contribution in [0.4, 0.5) is 5.69 Å².